The van der Waals surface area contributed by atoms with Crippen molar-refractivity contribution >= 4 is 11.6 Å². The van der Waals surface area contributed by atoms with Gasteiger partial charge in [-0.25, -0.2) is 0 Å². The molecule has 1 aliphatic heterocycles. The van der Waals surface area contributed by atoms with Crippen molar-refractivity contribution < 1.29 is 9.53 Å². The van der Waals surface area contributed by atoms with Crippen LogP contribution in [-0.4, -0.2) is 18.6 Å². The molecular formula is C16H16N2O2. The number of benzene rings is 2. The molecule has 4 heteroatoms. The highest BCUT2D eigenvalue weighted by molar-refractivity contribution is 6.02. The van der Waals surface area contributed by atoms with Crippen LogP contribution in [0.25, 0.3) is 0 Å². The number of amides is 1. The zero-order chi connectivity index (χ0) is 13.9. The summed E-state index contributed by atoms with van der Waals surface area (Å²) in [6.07, 6.45) is 0.737. The van der Waals surface area contributed by atoms with Gasteiger partial charge in [0.15, 0.2) is 0 Å². The van der Waals surface area contributed by atoms with Gasteiger partial charge in [0.25, 0.3) is 5.91 Å². The Morgan fingerprint density at radius 3 is 2.75 bits per heavy atom. The van der Waals surface area contributed by atoms with Crippen LogP contribution in [0.2, 0.25) is 0 Å². The molecule has 0 saturated heterocycles. The summed E-state index contributed by atoms with van der Waals surface area (Å²) in [5, 5.41) is 2.98. The normalized spacial score (nSPS) is 17.6. The summed E-state index contributed by atoms with van der Waals surface area (Å²) in [7, 11) is 0. The molecule has 0 unspecified atom stereocenters. The Bertz CT molecular complexity index is 626. The van der Waals surface area contributed by atoms with Gasteiger partial charge in [-0.05, 0) is 24.1 Å². The highest BCUT2D eigenvalue weighted by atomic mass is 16.5. The topological polar surface area (TPSA) is 64.4 Å². The smallest absolute Gasteiger partial charge is 0.257 e. The Labute approximate surface area is 117 Å². The molecule has 0 bridgehead atoms. The van der Waals surface area contributed by atoms with E-state index in [9.17, 15) is 4.79 Å². The van der Waals surface area contributed by atoms with E-state index in [4.69, 9.17) is 10.5 Å². The summed E-state index contributed by atoms with van der Waals surface area (Å²) in [5.41, 5.74) is 7.90. The third-order valence-corrected chi connectivity index (χ3v) is 3.39. The Kier molecular flexibility index (Phi) is 3.29. The second kappa shape index (κ2) is 5.25. The maximum absolute atomic E-state index is 12.3. The van der Waals surface area contributed by atoms with Crippen molar-refractivity contribution in [2.24, 2.45) is 0 Å². The molecule has 1 heterocycles. The van der Waals surface area contributed by atoms with Crippen molar-refractivity contribution in [3.05, 3.63) is 59.7 Å². The number of nitrogens with two attached hydrogens (primary N) is 1. The summed E-state index contributed by atoms with van der Waals surface area (Å²) >= 11 is 0. The van der Waals surface area contributed by atoms with Gasteiger partial charge in [0, 0.05) is 5.69 Å². The third-order valence-electron chi connectivity index (χ3n) is 3.39. The highest BCUT2D eigenvalue weighted by Crippen LogP contribution is 2.26. The van der Waals surface area contributed by atoms with E-state index in [0.29, 0.717) is 23.6 Å². The van der Waals surface area contributed by atoms with Crippen LogP contribution in [0.1, 0.15) is 15.9 Å². The van der Waals surface area contributed by atoms with Crippen LogP contribution in [0.4, 0.5) is 5.69 Å². The van der Waals surface area contributed by atoms with Crippen molar-refractivity contribution in [2.75, 3.05) is 12.3 Å². The molecule has 0 fully saturated rings. The molecule has 0 saturated carbocycles. The van der Waals surface area contributed by atoms with E-state index in [1.165, 1.54) is 5.56 Å². The highest BCUT2D eigenvalue weighted by Gasteiger charge is 2.24. The minimum absolute atomic E-state index is 0.0586. The average Bonchev–Trinajstić information content (AvgIpc) is 2.60. The summed E-state index contributed by atoms with van der Waals surface area (Å²) in [6.45, 7) is 0.442. The average molecular weight is 268 g/mol. The number of nitrogen functional groups attached to an aromatic ring is 1. The number of hydrogen-bond donors (Lipinski definition) is 2. The number of carbonyl (C=O) groups is 1. The quantitative estimate of drug-likeness (QED) is 0.819. The first-order chi connectivity index (χ1) is 9.74. The van der Waals surface area contributed by atoms with Gasteiger partial charge in [-0.1, -0.05) is 36.4 Å². The first kappa shape index (κ1) is 12.5. The molecule has 3 rings (SSSR count). The number of anilines is 1. The van der Waals surface area contributed by atoms with Crippen molar-refractivity contribution in [1.82, 2.24) is 5.32 Å². The second-order valence-electron chi connectivity index (χ2n) is 4.89. The number of hydrogen-bond acceptors (Lipinski definition) is 3. The SMILES string of the molecule is Nc1cccc2c1C(=O)N[C@@H](Cc1ccccc1)CO2. The Hall–Kier alpha value is -2.49. The first-order valence-electron chi connectivity index (χ1n) is 6.60. The zero-order valence-corrected chi connectivity index (χ0v) is 11.0. The molecule has 102 valence electrons. The molecule has 2 aromatic rings. The monoisotopic (exact) mass is 268 g/mol. The number of rotatable bonds is 2. The van der Waals surface area contributed by atoms with E-state index in [0.717, 1.165) is 6.42 Å². The Morgan fingerprint density at radius 1 is 1.15 bits per heavy atom. The lowest BCUT2D eigenvalue weighted by Gasteiger charge is -2.15. The molecule has 3 N–H and O–H groups in total. The fraction of sp³-hybridized carbons (Fsp3) is 0.188. The van der Waals surface area contributed by atoms with Crippen molar-refractivity contribution in [1.29, 1.82) is 0 Å². The van der Waals surface area contributed by atoms with Crippen LogP contribution in [-0.2, 0) is 6.42 Å². The molecule has 0 aromatic heterocycles. The van der Waals surface area contributed by atoms with Gasteiger partial charge in [0.2, 0.25) is 0 Å². The van der Waals surface area contributed by atoms with Gasteiger partial charge >= 0.3 is 0 Å². The summed E-state index contributed by atoms with van der Waals surface area (Å²) in [6, 6.07) is 15.2. The van der Waals surface area contributed by atoms with E-state index < -0.39 is 0 Å². The predicted octanol–water partition coefficient (Wildman–Crippen LogP) is 2.00. The van der Waals surface area contributed by atoms with Crippen LogP contribution in [0.5, 0.6) is 5.75 Å². The van der Waals surface area contributed by atoms with Gasteiger partial charge < -0.3 is 15.8 Å². The minimum Gasteiger partial charge on any atom is -0.491 e. The molecule has 2 aromatic carbocycles. The third kappa shape index (κ3) is 2.45. The summed E-state index contributed by atoms with van der Waals surface area (Å²) < 4.78 is 5.72. The molecular weight excluding hydrogens is 252 g/mol. The Morgan fingerprint density at radius 2 is 1.95 bits per heavy atom. The van der Waals surface area contributed by atoms with Gasteiger partial charge in [-0.2, -0.15) is 0 Å². The van der Waals surface area contributed by atoms with Crippen molar-refractivity contribution in [3.8, 4) is 5.75 Å². The predicted molar refractivity (Wildman–Crippen MR) is 77.7 cm³/mol. The minimum atomic E-state index is -0.170. The van der Waals surface area contributed by atoms with Gasteiger partial charge in [0.05, 0.1) is 6.04 Å². The van der Waals surface area contributed by atoms with Crippen LogP contribution < -0.4 is 15.8 Å². The van der Waals surface area contributed by atoms with E-state index in [1.807, 2.05) is 30.3 Å². The molecule has 0 spiro atoms. The van der Waals surface area contributed by atoms with Crippen LogP contribution in [0.15, 0.2) is 48.5 Å². The fourth-order valence-corrected chi connectivity index (χ4v) is 2.41. The lowest BCUT2D eigenvalue weighted by molar-refractivity contribution is 0.0939. The van der Waals surface area contributed by atoms with Gasteiger partial charge in [-0.3, -0.25) is 4.79 Å². The fourth-order valence-electron chi connectivity index (χ4n) is 2.41. The number of nitrogens with one attached hydrogen (secondary N) is 1. The number of carbonyl (C=O) groups excluding carboxylic acids is 1. The van der Waals surface area contributed by atoms with Crippen LogP contribution in [0, 0.1) is 0 Å². The molecule has 1 aliphatic rings. The van der Waals surface area contributed by atoms with E-state index in [2.05, 4.69) is 5.32 Å². The van der Waals surface area contributed by atoms with E-state index in [1.54, 1.807) is 18.2 Å². The molecule has 0 radical (unpaired) electrons. The summed E-state index contributed by atoms with van der Waals surface area (Å²) in [4.78, 5) is 12.3. The lowest BCUT2D eigenvalue weighted by atomic mass is 10.1. The molecule has 0 aliphatic carbocycles. The maximum Gasteiger partial charge on any atom is 0.257 e. The van der Waals surface area contributed by atoms with Crippen molar-refractivity contribution in [3.63, 3.8) is 0 Å². The van der Waals surface area contributed by atoms with Crippen LogP contribution in [0.3, 0.4) is 0 Å². The number of ether oxygens (including phenoxy) is 1. The zero-order valence-electron chi connectivity index (χ0n) is 11.0. The largest absolute Gasteiger partial charge is 0.491 e. The molecule has 4 nitrogen and oxygen atoms in total. The van der Waals surface area contributed by atoms with Crippen molar-refractivity contribution in [2.45, 2.75) is 12.5 Å². The van der Waals surface area contributed by atoms with E-state index in [-0.39, 0.29) is 11.9 Å². The van der Waals surface area contributed by atoms with Gasteiger partial charge in [0.1, 0.15) is 17.9 Å². The lowest BCUT2D eigenvalue weighted by Crippen LogP contribution is -2.38. The maximum atomic E-state index is 12.3. The van der Waals surface area contributed by atoms with Crippen LogP contribution >= 0.6 is 0 Å². The molecule has 20 heavy (non-hydrogen) atoms. The number of fused-ring (bicyclic) bond motifs is 1. The second-order valence-corrected chi connectivity index (χ2v) is 4.89. The Balaban J connectivity index is 1.81. The first-order valence-corrected chi connectivity index (χ1v) is 6.60. The summed E-state index contributed by atoms with van der Waals surface area (Å²) in [5.74, 6) is 0.384. The van der Waals surface area contributed by atoms with E-state index >= 15 is 0 Å². The van der Waals surface area contributed by atoms with Gasteiger partial charge in [-0.15, -0.1) is 0 Å². The molecule has 1 amide bonds. The molecule has 1 atom stereocenters. The standard InChI is InChI=1S/C16H16N2O2/c17-13-7-4-8-14-15(13)16(19)18-12(10-20-14)9-11-5-2-1-3-6-11/h1-8,12H,9-10,17H2,(H,18,19)/t12-/m0/s1.